The van der Waals surface area contributed by atoms with Gasteiger partial charge in [-0.15, -0.1) is 0 Å². The summed E-state index contributed by atoms with van der Waals surface area (Å²) in [5.74, 6) is -0.717. The van der Waals surface area contributed by atoms with Gasteiger partial charge in [0.2, 0.25) is 5.91 Å². The van der Waals surface area contributed by atoms with E-state index in [-0.39, 0.29) is 10.5 Å². The molecule has 0 aliphatic carbocycles. The summed E-state index contributed by atoms with van der Waals surface area (Å²) in [5, 5.41) is 2.76. The van der Waals surface area contributed by atoms with Crippen LogP contribution in [0.25, 0.3) is 0 Å². The summed E-state index contributed by atoms with van der Waals surface area (Å²) in [4.78, 5) is 24.3. The molecule has 7 heteroatoms. The fraction of sp³-hybridized carbons (Fsp3) is 0.529. The summed E-state index contributed by atoms with van der Waals surface area (Å²) in [5.41, 5.74) is 0.125. The molecule has 1 aliphatic heterocycles. The van der Waals surface area contributed by atoms with Crippen molar-refractivity contribution < 1.29 is 18.0 Å². The Morgan fingerprint density at radius 3 is 2.58 bits per heavy atom. The molecule has 0 spiro atoms. The molecule has 1 aromatic rings. The highest BCUT2D eigenvalue weighted by Crippen LogP contribution is 2.29. The van der Waals surface area contributed by atoms with Crippen molar-refractivity contribution in [2.24, 2.45) is 5.92 Å². The van der Waals surface area contributed by atoms with Crippen molar-refractivity contribution in [1.29, 1.82) is 0 Å². The summed E-state index contributed by atoms with van der Waals surface area (Å²) in [6.07, 6.45) is 4.18. The summed E-state index contributed by atoms with van der Waals surface area (Å²) in [6, 6.07) is 6.02. The first-order valence-corrected chi connectivity index (χ1v) is 9.78. The fourth-order valence-corrected chi connectivity index (χ4v) is 4.30. The predicted molar refractivity (Wildman–Crippen MR) is 91.0 cm³/mol. The van der Waals surface area contributed by atoms with Crippen molar-refractivity contribution in [3.05, 3.63) is 29.8 Å². The monoisotopic (exact) mass is 352 g/mol. The highest BCUT2D eigenvalue weighted by molar-refractivity contribution is 7.90. The number of nitrogens with zero attached hydrogens (tertiary/aromatic N) is 1. The second-order valence-electron chi connectivity index (χ2n) is 6.03. The Kier molecular flexibility index (Phi) is 5.99. The maximum Gasteiger partial charge on any atom is 0.269 e. The van der Waals surface area contributed by atoms with Crippen molar-refractivity contribution in [2.45, 2.75) is 44.4 Å². The van der Waals surface area contributed by atoms with Crippen LogP contribution in [0.1, 0.15) is 49.9 Å². The average Bonchev–Trinajstić information content (AvgIpc) is 2.76. The quantitative estimate of drug-likeness (QED) is 0.777. The molecule has 1 heterocycles. The van der Waals surface area contributed by atoms with Crippen LogP contribution in [-0.4, -0.2) is 37.6 Å². The molecule has 6 nitrogen and oxygen atoms in total. The molecule has 0 radical (unpaired) electrons. The third-order valence-electron chi connectivity index (χ3n) is 4.33. The number of benzene rings is 1. The highest BCUT2D eigenvalue weighted by atomic mass is 32.2. The molecule has 1 aromatic carbocycles. The molecule has 24 heavy (non-hydrogen) atoms. The molecule has 1 N–H and O–H groups in total. The van der Waals surface area contributed by atoms with Crippen LogP contribution in [0, 0.1) is 5.92 Å². The first-order chi connectivity index (χ1) is 11.4. The zero-order chi connectivity index (χ0) is 17.7. The zero-order valence-corrected chi connectivity index (χ0v) is 14.9. The van der Waals surface area contributed by atoms with Crippen LogP contribution in [0.3, 0.4) is 0 Å². The lowest BCUT2D eigenvalue weighted by Gasteiger charge is -2.18. The second-order valence-corrected chi connectivity index (χ2v) is 7.86. The number of unbranched alkanes of at least 4 members (excludes halogenated alkanes) is 1. The molecule has 1 atom stereocenters. The lowest BCUT2D eigenvalue weighted by Crippen LogP contribution is -2.41. The van der Waals surface area contributed by atoms with E-state index in [0.29, 0.717) is 16.8 Å². The Labute approximate surface area is 143 Å². The minimum absolute atomic E-state index is 0.0304. The average molecular weight is 352 g/mol. The third-order valence-corrected chi connectivity index (χ3v) is 6.12. The molecule has 2 rings (SSSR count). The smallest absolute Gasteiger partial charge is 0.269 e. The number of carbonyl (C=O) groups is 2. The molecule has 2 amide bonds. The van der Waals surface area contributed by atoms with Crippen LogP contribution < -0.4 is 5.32 Å². The fourth-order valence-electron chi connectivity index (χ4n) is 2.78. The number of fused-ring (bicyclic) bond motifs is 1. The van der Waals surface area contributed by atoms with E-state index in [1.807, 2.05) is 0 Å². The van der Waals surface area contributed by atoms with Gasteiger partial charge in [0.05, 0.1) is 5.56 Å². The SMILES string of the molecule is CCCC[C@@H](CC)CNC(=O)CN1C(=O)c2ccccc2S1(=O)=O. The largest absolute Gasteiger partial charge is 0.354 e. The number of hydrogen-bond donors (Lipinski definition) is 1. The van der Waals surface area contributed by atoms with Gasteiger partial charge < -0.3 is 5.32 Å². The van der Waals surface area contributed by atoms with Crippen molar-refractivity contribution in [3.63, 3.8) is 0 Å². The van der Waals surface area contributed by atoms with E-state index < -0.39 is 28.4 Å². The molecule has 0 saturated carbocycles. The standard InChI is InChI=1S/C17H24N2O4S/c1-3-5-8-13(4-2)11-18-16(20)12-19-17(21)14-9-6-7-10-15(14)24(19,22)23/h6-7,9-10,13H,3-5,8,11-12H2,1-2H3,(H,18,20)/t13-/m1/s1. The Bertz CT molecular complexity index is 715. The summed E-state index contributed by atoms with van der Waals surface area (Å²) < 4.78 is 25.4. The van der Waals surface area contributed by atoms with E-state index in [9.17, 15) is 18.0 Å². The van der Waals surface area contributed by atoms with Gasteiger partial charge in [-0.1, -0.05) is 45.2 Å². The lowest BCUT2D eigenvalue weighted by molar-refractivity contribution is -0.121. The van der Waals surface area contributed by atoms with Crippen LogP contribution in [0.5, 0.6) is 0 Å². The summed E-state index contributed by atoms with van der Waals surface area (Å²) in [7, 11) is -3.93. The number of amides is 2. The van der Waals surface area contributed by atoms with E-state index in [1.54, 1.807) is 12.1 Å². The van der Waals surface area contributed by atoms with Gasteiger partial charge in [0.15, 0.2) is 0 Å². The van der Waals surface area contributed by atoms with Gasteiger partial charge in [0, 0.05) is 6.54 Å². The minimum atomic E-state index is -3.93. The predicted octanol–water partition coefficient (Wildman–Crippen LogP) is 2.16. The number of nitrogens with one attached hydrogen (secondary N) is 1. The van der Waals surface area contributed by atoms with Crippen LogP contribution >= 0.6 is 0 Å². The lowest BCUT2D eigenvalue weighted by atomic mass is 9.99. The molecule has 0 fully saturated rings. The molecule has 1 aliphatic rings. The number of carbonyl (C=O) groups excluding carboxylic acids is 2. The van der Waals surface area contributed by atoms with E-state index in [0.717, 1.165) is 25.7 Å². The van der Waals surface area contributed by atoms with Gasteiger partial charge in [-0.2, -0.15) is 0 Å². The summed E-state index contributed by atoms with van der Waals surface area (Å²) >= 11 is 0. The molecule has 0 saturated heterocycles. The number of hydrogen-bond acceptors (Lipinski definition) is 4. The van der Waals surface area contributed by atoms with Crippen LogP contribution in [-0.2, 0) is 14.8 Å². The van der Waals surface area contributed by atoms with Gasteiger partial charge in [-0.3, -0.25) is 9.59 Å². The molecular formula is C17H24N2O4S. The van der Waals surface area contributed by atoms with E-state index in [2.05, 4.69) is 19.2 Å². The van der Waals surface area contributed by atoms with Crippen molar-refractivity contribution in [1.82, 2.24) is 9.62 Å². The first-order valence-electron chi connectivity index (χ1n) is 8.34. The second kappa shape index (κ2) is 7.79. The molecule has 0 bridgehead atoms. The van der Waals surface area contributed by atoms with Crippen LogP contribution in [0.2, 0.25) is 0 Å². The van der Waals surface area contributed by atoms with Crippen LogP contribution in [0.4, 0.5) is 0 Å². The molecular weight excluding hydrogens is 328 g/mol. The maximum atomic E-state index is 12.4. The molecule has 0 aromatic heterocycles. The molecule has 0 unspecified atom stereocenters. The van der Waals surface area contributed by atoms with Gasteiger partial charge >= 0.3 is 0 Å². The van der Waals surface area contributed by atoms with Crippen molar-refractivity contribution in [2.75, 3.05) is 13.1 Å². The Balaban J connectivity index is 1.99. The zero-order valence-electron chi connectivity index (χ0n) is 14.1. The number of rotatable bonds is 8. The van der Waals surface area contributed by atoms with Gasteiger partial charge in [-0.25, -0.2) is 12.7 Å². The Hall–Kier alpha value is -1.89. The van der Waals surface area contributed by atoms with Crippen LogP contribution in [0.15, 0.2) is 29.2 Å². The third kappa shape index (κ3) is 3.77. The Morgan fingerprint density at radius 2 is 1.96 bits per heavy atom. The van der Waals surface area contributed by atoms with Gasteiger partial charge in [-0.05, 0) is 24.5 Å². The van der Waals surface area contributed by atoms with E-state index >= 15 is 0 Å². The topological polar surface area (TPSA) is 83.6 Å². The summed E-state index contributed by atoms with van der Waals surface area (Å²) in [6.45, 7) is 4.22. The Morgan fingerprint density at radius 1 is 1.25 bits per heavy atom. The first kappa shape index (κ1) is 18.4. The van der Waals surface area contributed by atoms with E-state index in [1.165, 1.54) is 12.1 Å². The number of sulfonamides is 1. The van der Waals surface area contributed by atoms with Gasteiger partial charge in [0.25, 0.3) is 15.9 Å². The van der Waals surface area contributed by atoms with Crippen molar-refractivity contribution >= 4 is 21.8 Å². The van der Waals surface area contributed by atoms with Crippen molar-refractivity contribution in [3.8, 4) is 0 Å². The molecule has 132 valence electrons. The normalized spacial score (nSPS) is 16.8. The highest BCUT2D eigenvalue weighted by Gasteiger charge is 2.41. The van der Waals surface area contributed by atoms with Gasteiger partial charge in [0.1, 0.15) is 11.4 Å². The maximum absolute atomic E-state index is 12.4. The minimum Gasteiger partial charge on any atom is -0.354 e. The van der Waals surface area contributed by atoms with E-state index in [4.69, 9.17) is 0 Å².